The lowest BCUT2D eigenvalue weighted by Gasteiger charge is -2.20. The van der Waals surface area contributed by atoms with Crippen molar-refractivity contribution >= 4 is 15.9 Å². The van der Waals surface area contributed by atoms with Crippen molar-refractivity contribution in [3.63, 3.8) is 0 Å². The van der Waals surface area contributed by atoms with E-state index in [1.807, 2.05) is 6.92 Å². The molecule has 0 radical (unpaired) electrons. The van der Waals surface area contributed by atoms with E-state index in [4.69, 9.17) is 0 Å². The van der Waals surface area contributed by atoms with Crippen molar-refractivity contribution in [1.29, 1.82) is 0 Å². The summed E-state index contributed by atoms with van der Waals surface area (Å²) in [5.74, 6) is 3.05. The second kappa shape index (κ2) is 3.69. The Morgan fingerprint density at radius 2 is 2.19 bits per heavy atom. The van der Waals surface area contributed by atoms with Crippen LogP contribution in [0.25, 0.3) is 0 Å². The fourth-order valence-corrected chi connectivity index (χ4v) is 3.54. The van der Waals surface area contributed by atoms with Gasteiger partial charge in [0.1, 0.15) is 10.3 Å². The van der Waals surface area contributed by atoms with Gasteiger partial charge in [0.25, 0.3) is 5.56 Å². The SMILES string of the molecule is Cc1nc(C2CC3CCC2C3)[nH]c(=O)c1Br. The van der Waals surface area contributed by atoms with Crippen molar-refractivity contribution in [2.24, 2.45) is 11.8 Å². The molecule has 3 rings (SSSR count). The lowest BCUT2D eigenvalue weighted by atomic mass is 9.88. The molecule has 2 bridgehead atoms. The van der Waals surface area contributed by atoms with E-state index in [1.165, 1.54) is 25.7 Å². The Kier molecular flexibility index (Phi) is 2.42. The predicted octanol–water partition coefficient (Wildman–Crippen LogP) is 2.74. The fraction of sp³-hybridized carbons (Fsp3) is 0.667. The lowest BCUT2D eigenvalue weighted by molar-refractivity contribution is 0.404. The summed E-state index contributed by atoms with van der Waals surface area (Å²) in [6.07, 6.45) is 5.24. The van der Waals surface area contributed by atoms with Gasteiger partial charge in [-0.3, -0.25) is 4.79 Å². The maximum absolute atomic E-state index is 11.7. The van der Waals surface area contributed by atoms with Gasteiger partial charge in [-0.2, -0.15) is 0 Å². The first-order valence-electron chi connectivity index (χ1n) is 5.91. The molecule has 1 aromatic heterocycles. The molecule has 4 heteroatoms. The van der Waals surface area contributed by atoms with E-state index >= 15 is 0 Å². The zero-order valence-electron chi connectivity index (χ0n) is 9.29. The molecule has 1 heterocycles. The van der Waals surface area contributed by atoms with Gasteiger partial charge in [0.15, 0.2) is 0 Å². The Hall–Kier alpha value is -0.640. The first-order valence-corrected chi connectivity index (χ1v) is 6.70. The van der Waals surface area contributed by atoms with Gasteiger partial charge in [0.05, 0.1) is 5.69 Å². The molecule has 3 nitrogen and oxygen atoms in total. The highest BCUT2D eigenvalue weighted by molar-refractivity contribution is 9.10. The molecule has 0 amide bonds. The standard InChI is InChI=1S/C12H15BrN2O/c1-6-10(13)12(16)15-11(14-6)9-5-7-2-3-8(9)4-7/h7-9H,2-5H2,1H3,(H,14,15,16). The lowest BCUT2D eigenvalue weighted by Crippen LogP contribution is -2.19. The number of rotatable bonds is 1. The maximum Gasteiger partial charge on any atom is 0.265 e. The summed E-state index contributed by atoms with van der Waals surface area (Å²) in [5, 5.41) is 0. The number of aromatic nitrogens is 2. The van der Waals surface area contributed by atoms with E-state index in [0.29, 0.717) is 10.4 Å². The van der Waals surface area contributed by atoms with Crippen LogP contribution >= 0.6 is 15.9 Å². The second-order valence-corrected chi connectivity index (χ2v) is 5.92. The Balaban J connectivity index is 1.99. The van der Waals surface area contributed by atoms with Crippen LogP contribution in [-0.4, -0.2) is 9.97 Å². The molecule has 2 fully saturated rings. The number of nitrogens with zero attached hydrogens (tertiary/aromatic N) is 1. The summed E-state index contributed by atoms with van der Waals surface area (Å²) >= 11 is 3.26. The molecule has 0 aromatic carbocycles. The van der Waals surface area contributed by atoms with Gasteiger partial charge in [0, 0.05) is 5.92 Å². The quantitative estimate of drug-likeness (QED) is 0.861. The zero-order valence-corrected chi connectivity index (χ0v) is 10.9. The van der Waals surface area contributed by atoms with Crippen LogP contribution < -0.4 is 5.56 Å². The van der Waals surface area contributed by atoms with Crippen molar-refractivity contribution in [2.45, 2.75) is 38.5 Å². The van der Waals surface area contributed by atoms with Crippen LogP contribution in [0.2, 0.25) is 0 Å². The van der Waals surface area contributed by atoms with Crippen molar-refractivity contribution in [2.75, 3.05) is 0 Å². The number of fused-ring (bicyclic) bond motifs is 2. The third-order valence-corrected chi connectivity index (χ3v) is 5.07. The first-order chi connectivity index (χ1) is 7.65. The summed E-state index contributed by atoms with van der Waals surface area (Å²) in [7, 11) is 0. The number of nitrogens with one attached hydrogen (secondary N) is 1. The minimum Gasteiger partial charge on any atom is -0.309 e. The summed E-state index contributed by atoms with van der Waals surface area (Å²) in [5.41, 5.74) is 0.770. The Labute approximate surface area is 103 Å². The fourth-order valence-electron chi connectivity index (χ4n) is 3.35. The molecule has 1 aromatic rings. The van der Waals surface area contributed by atoms with E-state index < -0.39 is 0 Å². The molecule has 2 saturated carbocycles. The van der Waals surface area contributed by atoms with Gasteiger partial charge >= 0.3 is 0 Å². The molecule has 1 N–H and O–H groups in total. The van der Waals surface area contributed by atoms with Crippen molar-refractivity contribution in [1.82, 2.24) is 9.97 Å². The third-order valence-electron chi connectivity index (χ3n) is 4.14. The molecule has 16 heavy (non-hydrogen) atoms. The van der Waals surface area contributed by atoms with Gasteiger partial charge < -0.3 is 4.98 Å². The van der Waals surface area contributed by atoms with Gasteiger partial charge in [0.2, 0.25) is 0 Å². The maximum atomic E-state index is 11.7. The molecule has 0 spiro atoms. The van der Waals surface area contributed by atoms with Crippen LogP contribution in [0.1, 0.15) is 43.1 Å². The normalized spacial score (nSPS) is 32.2. The number of aryl methyl sites for hydroxylation is 1. The van der Waals surface area contributed by atoms with Gasteiger partial charge in [-0.05, 0) is 54.0 Å². The molecule has 86 valence electrons. The highest BCUT2D eigenvalue weighted by atomic mass is 79.9. The van der Waals surface area contributed by atoms with Gasteiger partial charge in [-0.15, -0.1) is 0 Å². The molecule has 2 aliphatic carbocycles. The Bertz CT molecular complexity index is 482. The van der Waals surface area contributed by atoms with Crippen LogP contribution in [0.4, 0.5) is 0 Å². The van der Waals surface area contributed by atoms with Crippen LogP contribution in [0.15, 0.2) is 9.27 Å². The Morgan fingerprint density at radius 1 is 1.38 bits per heavy atom. The number of halogens is 1. The van der Waals surface area contributed by atoms with Crippen molar-refractivity contribution in [3.8, 4) is 0 Å². The van der Waals surface area contributed by atoms with E-state index in [2.05, 4.69) is 25.9 Å². The number of aromatic amines is 1. The van der Waals surface area contributed by atoms with E-state index in [9.17, 15) is 4.79 Å². The average molecular weight is 283 g/mol. The highest BCUT2D eigenvalue weighted by Crippen LogP contribution is 2.51. The minimum atomic E-state index is -0.0368. The Morgan fingerprint density at radius 3 is 2.75 bits per heavy atom. The van der Waals surface area contributed by atoms with Crippen LogP contribution in [0, 0.1) is 18.8 Å². The van der Waals surface area contributed by atoms with Crippen LogP contribution in [-0.2, 0) is 0 Å². The smallest absolute Gasteiger partial charge is 0.265 e. The minimum absolute atomic E-state index is 0.0368. The molecule has 3 atom stereocenters. The monoisotopic (exact) mass is 282 g/mol. The summed E-state index contributed by atoms with van der Waals surface area (Å²) < 4.78 is 0.569. The van der Waals surface area contributed by atoms with Crippen LogP contribution in [0.3, 0.4) is 0 Å². The second-order valence-electron chi connectivity index (χ2n) is 5.13. The molecule has 0 saturated heterocycles. The highest BCUT2D eigenvalue weighted by Gasteiger charge is 2.41. The van der Waals surface area contributed by atoms with Crippen LogP contribution in [0.5, 0.6) is 0 Å². The molecular formula is C12H15BrN2O. The summed E-state index contributed by atoms with van der Waals surface area (Å²) in [6.45, 7) is 1.88. The summed E-state index contributed by atoms with van der Waals surface area (Å²) in [6, 6.07) is 0. The molecule has 0 aliphatic heterocycles. The third kappa shape index (κ3) is 1.54. The van der Waals surface area contributed by atoms with E-state index in [-0.39, 0.29) is 5.56 Å². The first kappa shape index (κ1) is 10.5. The molecule has 3 unspecified atom stereocenters. The van der Waals surface area contributed by atoms with E-state index in [1.54, 1.807) is 0 Å². The topological polar surface area (TPSA) is 45.8 Å². The average Bonchev–Trinajstić information content (AvgIpc) is 2.86. The number of H-pyrrole nitrogens is 1. The van der Waals surface area contributed by atoms with Crippen molar-refractivity contribution in [3.05, 3.63) is 26.3 Å². The molecular weight excluding hydrogens is 268 g/mol. The summed E-state index contributed by atoms with van der Waals surface area (Å²) in [4.78, 5) is 19.1. The van der Waals surface area contributed by atoms with Gasteiger partial charge in [-0.25, -0.2) is 4.98 Å². The number of hydrogen-bond acceptors (Lipinski definition) is 2. The van der Waals surface area contributed by atoms with Crippen molar-refractivity contribution < 1.29 is 0 Å². The van der Waals surface area contributed by atoms with E-state index in [0.717, 1.165) is 23.4 Å². The van der Waals surface area contributed by atoms with Gasteiger partial charge in [-0.1, -0.05) is 6.42 Å². The largest absolute Gasteiger partial charge is 0.309 e. The zero-order chi connectivity index (χ0) is 11.3. The molecule has 2 aliphatic rings. The number of hydrogen-bond donors (Lipinski definition) is 1. The predicted molar refractivity (Wildman–Crippen MR) is 65.5 cm³/mol.